The van der Waals surface area contributed by atoms with Gasteiger partial charge in [-0.1, -0.05) is 66.5 Å². The molecule has 0 heterocycles. The van der Waals surface area contributed by atoms with E-state index in [2.05, 4.69) is 15.5 Å². The molecule has 4 aromatic carbocycles. The van der Waals surface area contributed by atoms with E-state index >= 15 is 0 Å². The van der Waals surface area contributed by atoms with Gasteiger partial charge in [-0.05, 0) is 41.6 Å². The molecule has 0 fully saturated rings. The number of aryl methyl sites for hydroxylation is 1. The number of ether oxygens (including phenoxy) is 1. The van der Waals surface area contributed by atoms with Crippen molar-refractivity contribution in [3.63, 3.8) is 0 Å². The number of carbonyl (C=O) groups is 1. The molecule has 12 heteroatoms. The van der Waals surface area contributed by atoms with Crippen LogP contribution < -0.4 is 10.1 Å². The maximum absolute atomic E-state index is 13.2. The molecule has 0 saturated carbocycles. The first-order valence-corrected chi connectivity index (χ1v) is 13.4. The highest BCUT2D eigenvalue weighted by Gasteiger charge is 2.24. The van der Waals surface area contributed by atoms with E-state index in [0.29, 0.717) is 16.5 Å². The number of nitrogens with zero attached hydrogens (tertiary/aromatic N) is 2. The van der Waals surface area contributed by atoms with Crippen molar-refractivity contribution in [2.45, 2.75) is 18.2 Å². The average molecular weight is 574 g/mol. The van der Waals surface area contributed by atoms with Crippen LogP contribution in [-0.4, -0.2) is 31.1 Å². The van der Waals surface area contributed by atoms with Gasteiger partial charge in [-0.25, -0.2) is 0 Å². The van der Waals surface area contributed by atoms with E-state index in [1.54, 1.807) is 49.4 Å². The maximum Gasteiger partial charge on any atom is 0.297 e. The van der Waals surface area contributed by atoms with Crippen LogP contribution in [0.4, 0.5) is 17.1 Å². The topological polar surface area (TPSA) is 138 Å². The van der Waals surface area contributed by atoms with Crippen molar-refractivity contribution in [3.05, 3.63) is 81.8 Å². The Bertz CT molecular complexity index is 1710. The highest BCUT2D eigenvalue weighted by atomic mass is 35.5. The van der Waals surface area contributed by atoms with E-state index in [9.17, 15) is 22.9 Å². The molecule has 196 valence electrons. The molecule has 9 nitrogen and oxygen atoms in total. The van der Waals surface area contributed by atoms with Crippen molar-refractivity contribution in [1.82, 2.24) is 0 Å². The molecule has 0 spiro atoms. The molecule has 3 N–H and O–H groups in total. The number of hydrogen-bond donors (Lipinski definition) is 3. The predicted molar refractivity (Wildman–Crippen MR) is 146 cm³/mol. The minimum atomic E-state index is -4.71. The summed E-state index contributed by atoms with van der Waals surface area (Å²) in [4.78, 5) is 12.7. The number of halogens is 2. The summed E-state index contributed by atoms with van der Waals surface area (Å²) >= 11 is 12.5. The van der Waals surface area contributed by atoms with Gasteiger partial charge in [0, 0.05) is 5.39 Å². The van der Waals surface area contributed by atoms with Crippen LogP contribution in [-0.2, 0) is 16.5 Å². The zero-order chi connectivity index (χ0) is 27.6. The molecule has 0 aliphatic rings. The van der Waals surface area contributed by atoms with Crippen LogP contribution >= 0.6 is 23.2 Å². The van der Waals surface area contributed by atoms with Crippen molar-refractivity contribution in [2.24, 2.45) is 10.2 Å². The molecule has 0 aromatic heterocycles. The zero-order valence-electron chi connectivity index (χ0n) is 20.1. The standard InChI is InChI=1S/C26H21Cl2N3O6S/c1-3-14-11-12-18(27)23(25(14)38(34,35)36)31-30-22-16-8-5-4-7-15(16)13-17(24(22)32)26(33)29-19-9-6-10-20(37-2)21(19)28/h4-13,32H,3H2,1-2H3,(H,29,33)(H,34,35,36). The Labute approximate surface area is 228 Å². The number of nitrogens with one attached hydrogen (secondary N) is 1. The number of fused-ring (bicyclic) bond motifs is 1. The molecule has 0 radical (unpaired) electrons. The van der Waals surface area contributed by atoms with Gasteiger partial charge in [0.1, 0.15) is 27.0 Å². The quantitative estimate of drug-likeness (QED) is 0.156. The zero-order valence-corrected chi connectivity index (χ0v) is 22.4. The lowest BCUT2D eigenvalue weighted by Gasteiger charge is -2.13. The monoisotopic (exact) mass is 573 g/mol. The number of azo groups is 1. The number of rotatable bonds is 7. The van der Waals surface area contributed by atoms with Crippen LogP contribution in [0.3, 0.4) is 0 Å². The molecule has 4 rings (SSSR count). The Kier molecular flexibility index (Phi) is 7.89. The van der Waals surface area contributed by atoms with Gasteiger partial charge in [0.15, 0.2) is 5.75 Å². The van der Waals surface area contributed by atoms with Gasteiger partial charge in [-0.2, -0.15) is 8.42 Å². The van der Waals surface area contributed by atoms with Crippen molar-refractivity contribution in [3.8, 4) is 11.5 Å². The molecular formula is C26H21Cl2N3O6S. The van der Waals surface area contributed by atoms with Gasteiger partial charge >= 0.3 is 0 Å². The molecule has 4 aromatic rings. The number of phenols is 1. The fourth-order valence-electron chi connectivity index (χ4n) is 3.89. The third-order valence-corrected chi connectivity index (χ3v) is 7.39. The van der Waals surface area contributed by atoms with Crippen LogP contribution in [0.2, 0.25) is 10.0 Å². The van der Waals surface area contributed by atoms with Crippen molar-refractivity contribution < 1.29 is 27.6 Å². The van der Waals surface area contributed by atoms with Crippen molar-refractivity contribution in [1.29, 1.82) is 0 Å². The molecule has 0 unspecified atom stereocenters. The summed E-state index contributed by atoms with van der Waals surface area (Å²) in [6.07, 6.45) is 0.269. The van der Waals surface area contributed by atoms with E-state index in [-0.39, 0.29) is 44.7 Å². The third kappa shape index (κ3) is 5.30. The van der Waals surface area contributed by atoms with E-state index < -0.39 is 26.7 Å². The molecule has 0 atom stereocenters. The molecule has 0 bridgehead atoms. The number of phenolic OH excluding ortho intramolecular Hbond substituents is 1. The molecule has 38 heavy (non-hydrogen) atoms. The number of aromatic hydroxyl groups is 1. The fourth-order valence-corrected chi connectivity index (χ4v) is 5.34. The summed E-state index contributed by atoms with van der Waals surface area (Å²) in [6, 6.07) is 16.0. The summed E-state index contributed by atoms with van der Waals surface area (Å²) in [6.45, 7) is 1.70. The van der Waals surface area contributed by atoms with Gasteiger partial charge in [0.05, 0.1) is 23.4 Å². The molecule has 0 aliphatic carbocycles. The highest BCUT2D eigenvalue weighted by molar-refractivity contribution is 7.86. The second-order valence-corrected chi connectivity index (χ2v) is 10.2. The number of anilines is 1. The van der Waals surface area contributed by atoms with E-state index in [4.69, 9.17) is 27.9 Å². The first kappa shape index (κ1) is 27.3. The van der Waals surface area contributed by atoms with Gasteiger partial charge < -0.3 is 15.2 Å². The largest absolute Gasteiger partial charge is 0.505 e. The van der Waals surface area contributed by atoms with Gasteiger partial charge in [0.2, 0.25) is 0 Å². The van der Waals surface area contributed by atoms with E-state index in [1.807, 2.05) is 0 Å². The van der Waals surface area contributed by atoms with Crippen LogP contribution in [0, 0.1) is 0 Å². The van der Waals surface area contributed by atoms with Crippen LogP contribution in [0.5, 0.6) is 11.5 Å². The number of hydrogen-bond acceptors (Lipinski definition) is 7. The van der Waals surface area contributed by atoms with Gasteiger partial charge in [-0.3, -0.25) is 9.35 Å². The Morgan fingerprint density at radius 1 is 1.03 bits per heavy atom. The Morgan fingerprint density at radius 2 is 1.74 bits per heavy atom. The number of carbonyl (C=O) groups excluding carboxylic acids is 1. The smallest absolute Gasteiger partial charge is 0.297 e. The summed E-state index contributed by atoms with van der Waals surface area (Å²) in [5.74, 6) is -0.854. The first-order valence-electron chi connectivity index (χ1n) is 11.2. The Morgan fingerprint density at radius 3 is 2.42 bits per heavy atom. The molecular weight excluding hydrogens is 553 g/mol. The van der Waals surface area contributed by atoms with E-state index in [1.165, 1.54) is 25.3 Å². The fraction of sp³-hybridized carbons (Fsp3) is 0.115. The second-order valence-electron chi connectivity index (χ2n) is 8.03. The van der Waals surface area contributed by atoms with Crippen LogP contribution in [0.25, 0.3) is 10.8 Å². The van der Waals surface area contributed by atoms with Crippen LogP contribution in [0.15, 0.2) is 75.8 Å². The summed E-state index contributed by atoms with van der Waals surface area (Å²) < 4.78 is 39.3. The number of benzene rings is 4. The Balaban J connectivity index is 1.87. The lowest BCUT2D eigenvalue weighted by molar-refractivity contribution is 0.102. The van der Waals surface area contributed by atoms with Gasteiger partial charge in [0.25, 0.3) is 16.0 Å². The molecule has 0 saturated heterocycles. The molecule has 0 aliphatic heterocycles. The highest BCUT2D eigenvalue weighted by Crippen LogP contribution is 2.42. The summed E-state index contributed by atoms with van der Waals surface area (Å²) in [5, 5.41) is 22.9. The average Bonchev–Trinajstić information content (AvgIpc) is 2.88. The normalized spacial score (nSPS) is 11.7. The Hall–Kier alpha value is -3.70. The third-order valence-electron chi connectivity index (χ3n) is 5.72. The minimum Gasteiger partial charge on any atom is -0.505 e. The lowest BCUT2D eigenvalue weighted by atomic mass is 10.0. The maximum atomic E-state index is 13.2. The first-order chi connectivity index (χ1) is 18.1. The second kappa shape index (κ2) is 11.0. The lowest BCUT2D eigenvalue weighted by Crippen LogP contribution is -2.12. The van der Waals surface area contributed by atoms with Crippen molar-refractivity contribution >= 4 is 67.1 Å². The molecule has 1 amide bonds. The minimum absolute atomic E-state index is 0.0797. The summed E-state index contributed by atoms with van der Waals surface area (Å²) in [5.41, 5.74) is -0.00450. The number of methoxy groups -OCH3 is 1. The SMILES string of the molecule is CCc1ccc(Cl)c(N=Nc2c(O)c(C(=O)Nc3cccc(OC)c3Cl)cc3ccccc23)c1S(=O)(=O)O. The van der Waals surface area contributed by atoms with Crippen molar-refractivity contribution in [2.75, 3.05) is 12.4 Å². The van der Waals surface area contributed by atoms with E-state index in [0.717, 1.165) is 0 Å². The van der Waals surface area contributed by atoms with Crippen LogP contribution in [0.1, 0.15) is 22.8 Å². The summed E-state index contributed by atoms with van der Waals surface area (Å²) in [7, 11) is -3.27. The number of amides is 1. The predicted octanol–water partition coefficient (Wildman–Crippen LogP) is 7.34. The van der Waals surface area contributed by atoms with Gasteiger partial charge in [-0.15, -0.1) is 10.2 Å².